The summed E-state index contributed by atoms with van der Waals surface area (Å²) in [4.78, 5) is 9.95. The first-order valence-electron chi connectivity index (χ1n) is 12.8. The van der Waals surface area contributed by atoms with Gasteiger partial charge in [-0.15, -0.1) is 11.3 Å². The third kappa shape index (κ3) is 2.57. The molecule has 9 rings (SSSR count). The molecule has 3 heterocycles. The van der Waals surface area contributed by atoms with Gasteiger partial charge >= 0.3 is 0 Å². The summed E-state index contributed by atoms with van der Waals surface area (Å²) >= 11 is 1.88. The van der Waals surface area contributed by atoms with Gasteiger partial charge in [0.05, 0.1) is 22.9 Å². The van der Waals surface area contributed by atoms with Crippen LogP contribution in [0, 0.1) is 0 Å². The van der Waals surface area contributed by atoms with E-state index in [0.29, 0.717) is 0 Å². The maximum atomic E-state index is 5.10. The van der Waals surface area contributed by atoms with Crippen molar-refractivity contribution in [3.05, 3.63) is 115 Å². The Morgan fingerprint density at radius 3 is 2.13 bits per heavy atom. The lowest BCUT2D eigenvalue weighted by Crippen LogP contribution is -1.97. The van der Waals surface area contributed by atoms with E-state index < -0.39 is 0 Å². The first kappa shape index (κ1) is 20.3. The maximum Gasteiger partial charge on any atom is 0.159 e. The number of nitrogens with zero attached hydrogens (tertiary/aromatic N) is 3. The fourth-order valence-corrected chi connectivity index (χ4v) is 7.38. The Morgan fingerprint density at radius 1 is 0.526 bits per heavy atom. The second-order valence-electron chi connectivity index (χ2n) is 9.81. The molecule has 0 unspecified atom stereocenters. The van der Waals surface area contributed by atoms with Gasteiger partial charge in [0.15, 0.2) is 5.82 Å². The number of para-hydroxylation sites is 1. The molecule has 0 N–H and O–H groups in total. The summed E-state index contributed by atoms with van der Waals surface area (Å²) in [5, 5.41) is 9.04. The summed E-state index contributed by atoms with van der Waals surface area (Å²) in [6, 6.07) is 38.9. The van der Waals surface area contributed by atoms with Crippen molar-refractivity contribution < 1.29 is 0 Å². The zero-order valence-electron chi connectivity index (χ0n) is 20.2. The van der Waals surface area contributed by atoms with Crippen LogP contribution in [0.1, 0.15) is 0 Å². The monoisotopic (exact) mass is 501 g/mol. The van der Waals surface area contributed by atoms with Gasteiger partial charge in [-0.3, -0.25) is 0 Å². The van der Waals surface area contributed by atoms with Crippen LogP contribution in [-0.2, 0) is 0 Å². The lowest BCUT2D eigenvalue weighted by molar-refractivity contribution is 1.16. The van der Waals surface area contributed by atoms with Gasteiger partial charge in [0.1, 0.15) is 5.52 Å². The van der Waals surface area contributed by atoms with E-state index in [0.717, 1.165) is 33.3 Å². The number of benzene rings is 6. The SMILES string of the molecule is c1ccc(-c2ncc3c(n2)c2ccccc2n3-c2ccc3sc4cccc5c6ccccc6c2c3c45)cc1. The van der Waals surface area contributed by atoms with Crippen LogP contribution in [0.5, 0.6) is 0 Å². The maximum absolute atomic E-state index is 5.10. The molecule has 4 heteroatoms. The highest BCUT2D eigenvalue weighted by Gasteiger charge is 2.21. The van der Waals surface area contributed by atoms with Crippen LogP contribution in [0.25, 0.3) is 80.7 Å². The predicted molar refractivity (Wildman–Crippen MR) is 161 cm³/mol. The Balaban J connectivity index is 1.47. The molecular formula is C34H19N3S. The third-order valence-corrected chi connectivity index (χ3v) is 8.93. The minimum atomic E-state index is 0.747. The zero-order chi connectivity index (χ0) is 24.8. The smallest absolute Gasteiger partial charge is 0.159 e. The largest absolute Gasteiger partial charge is 0.306 e. The molecule has 0 aliphatic heterocycles. The van der Waals surface area contributed by atoms with E-state index in [4.69, 9.17) is 9.97 Å². The van der Waals surface area contributed by atoms with Crippen LogP contribution in [-0.4, -0.2) is 14.5 Å². The van der Waals surface area contributed by atoms with Crippen molar-refractivity contribution in [3.8, 4) is 17.1 Å². The van der Waals surface area contributed by atoms with Gasteiger partial charge in [-0.1, -0.05) is 84.9 Å². The Labute approximate surface area is 221 Å². The molecule has 0 saturated carbocycles. The standard InChI is InChI=1S/C34H19N3S/c1-2-9-20(10-3-1)34-35-19-27-33(36-34)24-13-6-7-15-25(24)37(27)26-17-18-29-32-30(26)22-12-5-4-11-21(22)23-14-8-16-28(38-29)31(23)32/h1-19H. The third-order valence-electron chi connectivity index (χ3n) is 7.81. The Kier molecular flexibility index (Phi) is 3.93. The van der Waals surface area contributed by atoms with E-state index in [1.165, 1.54) is 47.4 Å². The Bertz CT molecular complexity index is 2340. The van der Waals surface area contributed by atoms with E-state index in [1.807, 2.05) is 35.7 Å². The van der Waals surface area contributed by atoms with E-state index in [1.54, 1.807) is 0 Å². The lowest BCUT2D eigenvalue weighted by Gasteiger charge is -2.15. The second kappa shape index (κ2) is 7.37. The summed E-state index contributed by atoms with van der Waals surface area (Å²) in [6.45, 7) is 0. The first-order chi connectivity index (χ1) is 18.9. The highest BCUT2D eigenvalue weighted by molar-refractivity contribution is 7.26. The van der Waals surface area contributed by atoms with Crippen molar-refractivity contribution in [3.63, 3.8) is 0 Å². The van der Waals surface area contributed by atoms with Crippen molar-refractivity contribution in [2.24, 2.45) is 0 Å². The fourth-order valence-electron chi connectivity index (χ4n) is 6.24. The predicted octanol–water partition coefficient (Wildman–Crippen LogP) is 9.35. The van der Waals surface area contributed by atoms with Crippen LogP contribution in [0.3, 0.4) is 0 Å². The first-order valence-corrected chi connectivity index (χ1v) is 13.6. The van der Waals surface area contributed by atoms with Gasteiger partial charge in [0.2, 0.25) is 0 Å². The van der Waals surface area contributed by atoms with E-state index in [2.05, 4.69) is 95.6 Å². The van der Waals surface area contributed by atoms with Crippen molar-refractivity contribution >= 4 is 75.0 Å². The molecule has 9 aromatic rings. The van der Waals surface area contributed by atoms with Gasteiger partial charge < -0.3 is 4.57 Å². The van der Waals surface area contributed by atoms with Gasteiger partial charge in [-0.25, -0.2) is 9.97 Å². The number of hydrogen-bond acceptors (Lipinski definition) is 3. The number of hydrogen-bond donors (Lipinski definition) is 0. The van der Waals surface area contributed by atoms with Crippen molar-refractivity contribution in [2.45, 2.75) is 0 Å². The van der Waals surface area contributed by atoms with Crippen LogP contribution in [0.4, 0.5) is 0 Å². The average molecular weight is 502 g/mol. The highest BCUT2D eigenvalue weighted by atomic mass is 32.1. The van der Waals surface area contributed by atoms with Crippen molar-refractivity contribution in [2.75, 3.05) is 0 Å². The molecule has 0 saturated heterocycles. The summed E-state index contributed by atoms with van der Waals surface area (Å²) in [6.07, 6.45) is 1.99. The van der Waals surface area contributed by atoms with E-state index in [9.17, 15) is 0 Å². The molecule has 6 aromatic carbocycles. The van der Waals surface area contributed by atoms with Crippen LogP contribution < -0.4 is 0 Å². The fraction of sp³-hybridized carbons (Fsp3) is 0. The highest BCUT2D eigenvalue weighted by Crippen LogP contribution is 2.47. The summed E-state index contributed by atoms with van der Waals surface area (Å²) in [5.74, 6) is 0.747. The summed E-state index contributed by atoms with van der Waals surface area (Å²) < 4.78 is 5.02. The lowest BCUT2D eigenvalue weighted by atomic mass is 9.93. The van der Waals surface area contributed by atoms with E-state index >= 15 is 0 Å². The topological polar surface area (TPSA) is 30.7 Å². The number of thiophene rings is 1. The molecule has 0 fully saturated rings. The molecule has 0 radical (unpaired) electrons. The molecule has 176 valence electrons. The Morgan fingerprint density at radius 2 is 1.24 bits per heavy atom. The van der Waals surface area contributed by atoms with Gasteiger partial charge in [0, 0.05) is 36.5 Å². The minimum absolute atomic E-state index is 0.747. The number of rotatable bonds is 2. The molecule has 3 nitrogen and oxygen atoms in total. The van der Waals surface area contributed by atoms with Gasteiger partial charge in [-0.05, 0) is 40.4 Å². The molecule has 38 heavy (non-hydrogen) atoms. The van der Waals surface area contributed by atoms with Gasteiger partial charge in [-0.2, -0.15) is 0 Å². The normalized spacial score (nSPS) is 12.2. The molecular weight excluding hydrogens is 482 g/mol. The molecule has 0 aliphatic rings. The molecule has 0 aliphatic carbocycles. The molecule has 0 atom stereocenters. The number of fused-ring (bicyclic) bond motifs is 6. The summed E-state index contributed by atoms with van der Waals surface area (Å²) in [5.41, 5.74) is 5.32. The molecule has 0 bridgehead atoms. The van der Waals surface area contributed by atoms with Crippen LogP contribution >= 0.6 is 11.3 Å². The minimum Gasteiger partial charge on any atom is -0.306 e. The van der Waals surface area contributed by atoms with Gasteiger partial charge in [0.25, 0.3) is 0 Å². The molecule has 3 aromatic heterocycles. The van der Waals surface area contributed by atoms with Crippen molar-refractivity contribution in [1.29, 1.82) is 0 Å². The molecule has 0 amide bonds. The molecule has 0 spiro atoms. The second-order valence-corrected chi connectivity index (χ2v) is 10.9. The quantitative estimate of drug-likeness (QED) is 0.221. The average Bonchev–Trinajstić information content (AvgIpc) is 3.53. The van der Waals surface area contributed by atoms with Crippen LogP contribution in [0.15, 0.2) is 115 Å². The Hall–Kier alpha value is -4.80. The number of aromatic nitrogens is 3. The van der Waals surface area contributed by atoms with Crippen molar-refractivity contribution in [1.82, 2.24) is 14.5 Å². The zero-order valence-corrected chi connectivity index (χ0v) is 21.0. The van der Waals surface area contributed by atoms with Crippen LogP contribution in [0.2, 0.25) is 0 Å². The summed E-state index contributed by atoms with van der Waals surface area (Å²) in [7, 11) is 0. The van der Waals surface area contributed by atoms with E-state index in [-0.39, 0.29) is 0 Å².